The molecule has 0 heterocycles. The predicted molar refractivity (Wildman–Crippen MR) is 101 cm³/mol. The maximum atomic E-state index is 12.4. The lowest BCUT2D eigenvalue weighted by Crippen LogP contribution is -2.47. The summed E-state index contributed by atoms with van der Waals surface area (Å²) in [4.78, 5) is 36.4. The van der Waals surface area contributed by atoms with Crippen molar-refractivity contribution in [2.75, 3.05) is 17.3 Å². The van der Waals surface area contributed by atoms with Crippen molar-refractivity contribution < 1.29 is 23.9 Å². The van der Waals surface area contributed by atoms with Crippen LogP contribution in [0.2, 0.25) is 0 Å². The monoisotopic (exact) mass is 477 g/mol. The summed E-state index contributed by atoms with van der Waals surface area (Å²) in [6, 6.07) is 7.69. The Morgan fingerprint density at radius 3 is 2.28 bits per heavy atom. The van der Waals surface area contributed by atoms with E-state index in [2.05, 4.69) is 37.2 Å². The third-order valence-electron chi connectivity index (χ3n) is 3.17. The van der Waals surface area contributed by atoms with E-state index in [-0.39, 0.29) is 25.4 Å². The summed E-state index contributed by atoms with van der Waals surface area (Å²) in [5, 5.41) is 3.51. The standard InChI is InChI=1S/C17H21Br2NO5/c1-2-24-17(23)15(20-13(21)8-10-18)16(25-14(22)9-11-19)12-6-4-3-5-7-12/h3-7,15-16H,2,8-11H2,1H3,(H,20,21)/t15-,16-/m0/s1. The quantitative estimate of drug-likeness (QED) is 0.413. The highest BCUT2D eigenvalue weighted by Gasteiger charge is 2.35. The van der Waals surface area contributed by atoms with Crippen molar-refractivity contribution in [1.29, 1.82) is 0 Å². The van der Waals surface area contributed by atoms with Gasteiger partial charge in [0.05, 0.1) is 13.0 Å². The van der Waals surface area contributed by atoms with Crippen molar-refractivity contribution in [1.82, 2.24) is 5.32 Å². The van der Waals surface area contributed by atoms with Gasteiger partial charge in [-0.2, -0.15) is 0 Å². The first kappa shape index (κ1) is 21.6. The summed E-state index contributed by atoms with van der Waals surface area (Å²) >= 11 is 6.36. The van der Waals surface area contributed by atoms with Crippen LogP contribution in [0.15, 0.2) is 30.3 Å². The Morgan fingerprint density at radius 2 is 1.72 bits per heavy atom. The lowest BCUT2D eigenvalue weighted by molar-refractivity contribution is -0.160. The van der Waals surface area contributed by atoms with E-state index in [1.54, 1.807) is 31.2 Å². The Morgan fingerprint density at radius 1 is 1.08 bits per heavy atom. The minimum absolute atomic E-state index is 0.147. The molecule has 0 fully saturated rings. The fourth-order valence-electron chi connectivity index (χ4n) is 2.07. The van der Waals surface area contributed by atoms with E-state index in [9.17, 15) is 14.4 Å². The van der Waals surface area contributed by atoms with Gasteiger partial charge >= 0.3 is 11.9 Å². The number of halogens is 2. The second-order valence-corrected chi connectivity index (χ2v) is 6.58. The molecule has 25 heavy (non-hydrogen) atoms. The molecule has 0 aliphatic rings. The van der Waals surface area contributed by atoms with E-state index >= 15 is 0 Å². The number of ether oxygens (including phenoxy) is 2. The average Bonchev–Trinajstić information content (AvgIpc) is 2.59. The minimum atomic E-state index is -1.12. The molecule has 1 aromatic carbocycles. The molecule has 0 saturated carbocycles. The number of nitrogens with one attached hydrogen (secondary N) is 1. The summed E-state index contributed by atoms with van der Waals surface area (Å²) in [6.07, 6.45) is -0.632. The molecule has 0 spiro atoms. The van der Waals surface area contributed by atoms with Gasteiger partial charge in [0, 0.05) is 17.1 Å². The maximum absolute atomic E-state index is 12.4. The molecule has 0 unspecified atom stereocenters. The molecular weight excluding hydrogens is 458 g/mol. The molecule has 1 N–H and O–H groups in total. The summed E-state index contributed by atoms with van der Waals surface area (Å²) in [6.45, 7) is 1.82. The van der Waals surface area contributed by atoms with Gasteiger partial charge in [0.15, 0.2) is 12.1 Å². The molecule has 1 rings (SSSR count). The van der Waals surface area contributed by atoms with Crippen molar-refractivity contribution in [2.24, 2.45) is 0 Å². The second-order valence-electron chi connectivity index (χ2n) is 5.00. The summed E-state index contributed by atoms with van der Waals surface area (Å²) in [5.74, 6) is -1.46. The van der Waals surface area contributed by atoms with E-state index in [0.717, 1.165) is 0 Å². The largest absolute Gasteiger partial charge is 0.464 e. The van der Waals surface area contributed by atoms with Gasteiger partial charge in [0.25, 0.3) is 0 Å². The Bertz CT molecular complexity index is 567. The van der Waals surface area contributed by atoms with Crippen LogP contribution in [0.3, 0.4) is 0 Å². The third kappa shape index (κ3) is 7.56. The van der Waals surface area contributed by atoms with Gasteiger partial charge < -0.3 is 14.8 Å². The van der Waals surface area contributed by atoms with E-state index in [0.29, 0.717) is 16.2 Å². The molecule has 0 aliphatic heterocycles. The van der Waals surface area contributed by atoms with E-state index in [1.807, 2.05) is 6.07 Å². The van der Waals surface area contributed by atoms with Crippen LogP contribution in [-0.4, -0.2) is 41.2 Å². The van der Waals surface area contributed by atoms with Crippen molar-refractivity contribution in [2.45, 2.75) is 31.9 Å². The van der Waals surface area contributed by atoms with Crippen LogP contribution in [0.5, 0.6) is 0 Å². The van der Waals surface area contributed by atoms with Gasteiger partial charge in [-0.05, 0) is 12.5 Å². The molecule has 0 saturated heterocycles. The zero-order chi connectivity index (χ0) is 18.7. The van der Waals surface area contributed by atoms with Crippen LogP contribution >= 0.6 is 31.9 Å². The summed E-state index contributed by atoms with van der Waals surface area (Å²) in [5.41, 5.74) is 0.600. The van der Waals surface area contributed by atoms with Crippen LogP contribution in [0.25, 0.3) is 0 Å². The fourth-order valence-corrected chi connectivity index (χ4v) is 2.75. The number of alkyl halides is 2. The molecular formula is C17H21Br2NO5. The first-order valence-corrected chi connectivity index (χ1v) is 10.1. The van der Waals surface area contributed by atoms with Crippen LogP contribution in [0.1, 0.15) is 31.4 Å². The third-order valence-corrected chi connectivity index (χ3v) is 3.96. The van der Waals surface area contributed by atoms with Gasteiger partial charge in [-0.3, -0.25) is 9.59 Å². The van der Waals surface area contributed by atoms with Gasteiger partial charge in [-0.15, -0.1) is 0 Å². The van der Waals surface area contributed by atoms with Crippen molar-refractivity contribution >= 4 is 49.7 Å². The zero-order valence-corrected chi connectivity index (χ0v) is 17.0. The number of hydrogen-bond acceptors (Lipinski definition) is 5. The van der Waals surface area contributed by atoms with Gasteiger partial charge in [-0.25, -0.2) is 4.79 Å². The first-order valence-electron chi connectivity index (χ1n) is 7.85. The highest BCUT2D eigenvalue weighted by molar-refractivity contribution is 9.09. The Balaban J connectivity index is 3.13. The van der Waals surface area contributed by atoms with Crippen molar-refractivity contribution in [3.8, 4) is 0 Å². The van der Waals surface area contributed by atoms with Crippen LogP contribution in [0, 0.1) is 0 Å². The molecule has 2 atom stereocenters. The molecule has 1 aromatic rings. The van der Waals surface area contributed by atoms with E-state index in [4.69, 9.17) is 9.47 Å². The highest BCUT2D eigenvalue weighted by Crippen LogP contribution is 2.23. The molecule has 1 amide bonds. The number of esters is 2. The lowest BCUT2D eigenvalue weighted by Gasteiger charge is -2.26. The smallest absolute Gasteiger partial charge is 0.332 e. The normalized spacial score (nSPS) is 12.8. The zero-order valence-electron chi connectivity index (χ0n) is 13.9. The minimum Gasteiger partial charge on any atom is -0.464 e. The Kier molecular flexibility index (Phi) is 10.4. The number of amides is 1. The van der Waals surface area contributed by atoms with Crippen LogP contribution < -0.4 is 5.32 Å². The van der Waals surface area contributed by atoms with Crippen molar-refractivity contribution in [3.05, 3.63) is 35.9 Å². The first-order chi connectivity index (χ1) is 12.0. The summed E-state index contributed by atoms with van der Waals surface area (Å²) < 4.78 is 10.6. The Labute approximate surface area is 163 Å². The van der Waals surface area contributed by atoms with Gasteiger partial charge in [0.2, 0.25) is 5.91 Å². The lowest BCUT2D eigenvalue weighted by atomic mass is 10.0. The highest BCUT2D eigenvalue weighted by atomic mass is 79.9. The van der Waals surface area contributed by atoms with E-state index in [1.165, 1.54) is 0 Å². The van der Waals surface area contributed by atoms with Gasteiger partial charge in [-0.1, -0.05) is 62.2 Å². The molecule has 6 nitrogen and oxygen atoms in total. The SMILES string of the molecule is CCOC(=O)[C@@H](NC(=O)CCBr)[C@@H](OC(=O)CCBr)c1ccccc1. The van der Waals surface area contributed by atoms with Crippen LogP contribution in [-0.2, 0) is 23.9 Å². The average molecular weight is 479 g/mol. The fraction of sp³-hybridized carbons (Fsp3) is 0.471. The number of carbonyl (C=O) groups is 3. The topological polar surface area (TPSA) is 81.7 Å². The molecule has 0 aliphatic carbocycles. The molecule has 0 aromatic heterocycles. The van der Waals surface area contributed by atoms with E-state index < -0.39 is 24.1 Å². The maximum Gasteiger partial charge on any atom is 0.332 e. The van der Waals surface area contributed by atoms with Gasteiger partial charge in [0.1, 0.15) is 0 Å². The predicted octanol–water partition coefficient (Wildman–Crippen LogP) is 2.89. The van der Waals surface area contributed by atoms with Crippen LogP contribution in [0.4, 0.5) is 0 Å². The molecule has 0 bridgehead atoms. The van der Waals surface area contributed by atoms with Crippen molar-refractivity contribution in [3.63, 3.8) is 0 Å². The Hall–Kier alpha value is -1.41. The number of benzene rings is 1. The summed E-state index contributed by atoms with van der Waals surface area (Å²) in [7, 11) is 0. The number of rotatable bonds is 10. The number of carbonyl (C=O) groups excluding carboxylic acids is 3. The second kappa shape index (κ2) is 12.0. The molecule has 8 heteroatoms. The number of hydrogen-bond donors (Lipinski definition) is 1. The molecule has 138 valence electrons. The molecule has 0 radical (unpaired) electrons.